The van der Waals surface area contributed by atoms with Gasteiger partial charge in [-0.1, -0.05) is 35.3 Å². The molecule has 0 saturated heterocycles. The third-order valence-corrected chi connectivity index (χ3v) is 3.94. The van der Waals surface area contributed by atoms with E-state index in [4.69, 9.17) is 23.2 Å². The number of rotatable bonds is 6. The van der Waals surface area contributed by atoms with Gasteiger partial charge in [0.05, 0.1) is 17.2 Å². The number of benzene rings is 1. The van der Waals surface area contributed by atoms with Crippen molar-refractivity contribution >= 4 is 29.3 Å². The van der Waals surface area contributed by atoms with E-state index in [2.05, 4.69) is 10.1 Å². The molecule has 0 aliphatic rings. The topological polar surface area (TPSA) is 71.2 Å². The fourth-order valence-electron chi connectivity index (χ4n) is 2.35. The number of aliphatic hydroxyl groups is 2. The van der Waals surface area contributed by atoms with Crippen LogP contribution in [0.1, 0.15) is 25.8 Å². The molecular formula is C16H19Cl2N3O2. The van der Waals surface area contributed by atoms with E-state index in [9.17, 15) is 10.2 Å². The van der Waals surface area contributed by atoms with E-state index < -0.39 is 11.2 Å². The predicted octanol–water partition coefficient (Wildman–Crippen LogP) is 3.10. The molecule has 1 aromatic carbocycles. The summed E-state index contributed by atoms with van der Waals surface area (Å²) >= 11 is 12.3. The van der Waals surface area contributed by atoms with Gasteiger partial charge in [0.2, 0.25) is 0 Å². The lowest BCUT2D eigenvalue weighted by Crippen LogP contribution is -2.42. The second-order valence-corrected chi connectivity index (χ2v) is 7.00. The summed E-state index contributed by atoms with van der Waals surface area (Å²) in [5, 5.41) is 26.0. The van der Waals surface area contributed by atoms with Crippen LogP contribution < -0.4 is 0 Å². The first-order valence-electron chi connectivity index (χ1n) is 7.08. The van der Waals surface area contributed by atoms with Gasteiger partial charge in [0.25, 0.3) is 0 Å². The summed E-state index contributed by atoms with van der Waals surface area (Å²) < 4.78 is 1.48. The molecule has 0 spiro atoms. The number of aromatic nitrogens is 3. The van der Waals surface area contributed by atoms with E-state index in [1.807, 2.05) is 0 Å². The Morgan fingerprint density at radius 1 is 1.26 bits per heavy atom. The average Bonchev–Trinajstić information content (AvgIpc) is 2.91. The van der Waals surface area contributed by atoms with E-state index in [0.717, 1.165) is 5.56 Å². The summed E-state index contributed by atoms with van der Waals surface area (Å²) in [5.41, 5.74) is -1.79. The van der Waals surface area contributed by atoms with Crippen LogP contribution in [0.2, 0.25) is 5.02 Å². The highest BCUT2D eigenvalue weighted by Gasteiger charge is 2.37. The fraction of sp³-hybridized carbons (Fsp3) is 0.375. The van der Waals surface area contributed by atoms with Crippen LogP contribution in [0.5, 0.6) is 0 Å². The van der Waals surface area contributed by atoms with E-state index in [1.54, 1.807) is 44.2 Å². The zero-order valence-corrected chi connectivity index (χ0v) is 14.5. The Morgan fingerprint density at radius 2 is 1.91 bits per heavy atom. The smallest absolute Gasteiger partial charge is 0.137 e. The summed E-state index contributed by atoms with van der Waals surface area (Å²) in [5.74, 6) is 0. The molecule has 1 unspecified atom stereocenters. The van der Waals surface area contributed by atoms with Crippen molar-refractivity contribution in [2.45, 2.75) is 38.0 Å². The second kappa shape index (κ2) is 7.01. The summed E-state index contributed by atoms with van der Waals surface area (Å²) in [6, 6.07) is 7.07. The summed E-state index contributed by atoms with van der Waals surface area (Å²) in [7, 11) is 0. The molecule has 0 aliphatic carbocycles. The van der Waals surface area contributed by atoms with Crippen molar-refractivity contribution in [3.63, 3.8) is 0 Å². The number of nitrogens with zero attached hydrogens (tertiary/aromatic N) is 3. The molecule has 7 heteroatoms. The lowest BCUT2D eigenvalue weighted by molar-refractivity contribution is -0.0307. The standard InChI is InChI=1S/C16H19Cl2N3O2/c1-15(2,22)8-16(23,9-21-11-19-10-20-21)14(18)7-12-3-5-13(17)6-4-12/h3-7,10-11,22-23H,8-9H2,1-2H3. The van der Waals surface area contributed by atoms with Crippen molar-refractivity contribution in [3.8, 4) is 0 Å². The number of hydrogen-bond donors (Lipinski definition) is 2. The van der Waals surface area contributed by atoms with Crippen LogP contribution in [-0.2, 0) is 6.54 Å². The van der Waals surface area contributed by atoms with Gasteiger partial charge in [0.1, 0.15) is 18.3 Å². The molecule has 1 heterocycles. The molecule has 0 saturated carbocycles. The predicted molar refractivity (Wildman–Crippen MR) is 91.2 cm³/mol. The Kier molecular flexibility index (Phi) is 5.47. The minimum atomic E-state index is -1.48. The molecular weight excluding hydrogens is 337 g/mol. The zero-order valence-electron chi connectivity index (χ0n) is 12.9. The van der Waals surface area contributed by atoms with Crippen LogP contribution >= 0.6 is 23.2 Å². The zero-order chi connectivity index (χ0) is 17.1. The highest BCUT2D eigenvalue weighted by molar-refractivity contribution is 6.32. The third kappa shape index (κ3) is 5.32. The molecule has 5 nitrogen and oxygen atoms in total. The molecule has 1 aromatic heterocycles. The van der Waals surface area contributed by atoms with Gasteiger partial charge in [-0.2, -0.15) is 5.10 Å². The summed E-state index contributed by atoms with van der Waals surface area (Å²) in [6.07, 6.45) is 4.56. The van der Waals surface area contributed by atoms with Gasteiger partial charge >= 0.3 is 0 Å². The van der Waals surface area contributed by atoms with Gasteiger partial charge in [-0.3, -0.25) is 0 Å². The molecule has 23 heavy (non-hydrogen) atoms. The van der Waals surface area contributed by atoms with Crippen LogP contribution in [0.3, 0.4) is 0 Å². The maximum absolute atomic E-state index is 11.0. The molecule has 2 N–H and O–H groups in total. The Bertz CT molecular complexity index is 664. The molecule has 0 fully saturated rings. The summed E-state index contributed by atoms with van der Waals surface area (Å²) in [6.45, 7) is 3.32. The molecule has 0 aliphatic heterocycles. The van der Waals surface area contributed by atoms with Crippen molar-refractivity contribution in [1.82, 2.24) is 14.8 Å². The summed E-state index contributed by atoms with van der Waals surface area (Å²) in [4.78, 5) is 3.86. The van der Waals surface area contributed by atoms with Crippen molar-refractivity contribution < 1.29 is 10.2 Å². The van der Waals surface area contributed by atoms with Gasteiger partial charge in [0.15, 0.2) is 0 Å². The van der Waals surface area contributed by atoms with E-state index in [0.29, 0.717) is 5.02 Å². The van der Waals surface area contributed by atoms with Crippen LogP contribution in [-0.4, -0.2) is 36.2 Å². The van der Waals surface area contributed by atoms with Crippen LogP contribution in [0.15, 0.2) is 42.0 Å². The van der Waals surface area contributed by atoms with Crippen molar-refractivity contribution in [2.24, 2.45) is 0 Å². The quantitative estimate of drug-likeness (QED) is 0.834. The lowest BCUT2D eigenvalue weighted by Gasteiger charge is -2.33. The van der Waals surface area contributed by atoms with Crippen LogP contribution in [0, 0.1) is 0 Å². The Balaban J connectivity index is 2.33. The van der Waals surface area contributed by atoms with E-state index >= 15 is 0 Å². The second-order valence-electron chi connectivity index (χ2n) is 6.16. The Hall–Kier alpha value is -1.40. The lowest BCUT2D eigenvalue weighted by atomic mass is 9.88. The van der Waals surface area contributed by atoms with Crippen molar-refractivity contribution in [3.05, 3.63) is 52.5 Å². The molecule has 0 bridgehead atoms. The first-order chi connectivity index (χ1) is 10.7. The molecule has 1 atom stereocenters. The van der Waals surface area contributed by atoms with Gasteiger partial charge < -0.3 is 10.2 Å². The van der Waals surface area contributed by atoms with Crippen molar-refractivity contribution in [2.75, 3.05) is 0 Å². The van der Waals surface area contributed by atoms with Gasteiger partial charge in [-0.15, -0.1) is 0 Å². The van der Waals surface area contributed by atoms with Crippen LogP contribution in [0.4, 0.5) is 0 Å². The van der Waals surface area contributed by atoms with Gasteiger partial charge in [0, 0.05) is 11.4 Å². The molecule has 0 amide bonds. The Morgan fingerprint density at radius 3 is 2.43 bits per heavy atom. The number of hydrogen-bond acceptors (Lipinski definition) is 4. The first kappa shape index (κ1) is 17.9. The first-order valence-corrected chi connectivity index (χ1v) is 7.84. The average molecular weight is 356 g/mol. The van der Waals surface area contributed by atoms with Gasteiger partial charge in [-0.25, -0.2) is 9.67 Å². The van der Waals surface area contributed by atoms with E-state index in [1.165, 1.54) is 17.3 Å². The molecule has 2 aromatic rings. The Labute approximate surface area is 145 Å². The minimum absolute atomic E-state index is 0.0444. The number of halogens is 2. The van der Waals surface area contributed by atoms with E-state index in [-0.39, 0.29) is 18.0 Å². The molecule has 124 valence electrons. The highest BCUT2D eigenvalue weighted by atomic mass is 35.5. The fourth-order valence-corrected chi connectivity index (χ4v) is 2.73. The molecule has 0 radical (unpaired) electrons. The normalized spacial score (nSPS) is 15.5. The van der Waals surface area contributed by atoms with Crippen molar-refractivity contribution in [1.29, 1.82) is 0 Å². The molecule has 2 rings (SSSR count). The largest absolute Gasteiger partial charge is 0.390 e. The third-order valence-electron chi connectivity index (χ3n) is 3.22. The van der Waals surface area contributed by atoms with Gasteiger partial charge in [-0.05, 0) is 37.6 Å². The van der Waals surface area contributed by atoms with Crippen LogP contribution in [0.25, 0.3) is 6.08 Å². The SMILES string of the molecule is CC(C)(O)CC(O)(Cn1cncn1)C(Cl)=Cc1ccc(Cl)cc1. The minimum Gasteiger partial charge on any atom is -0.390 e. The highest BCUT2D eigenvalue weighted by Crippen LogP contribution is 2.33. The monoisotopic (exact) mass is 355 g/mol. The maximum Gasteiger partial charge on any atom is 0.137 e. The maximum atomic E-state index is 11.0.